The Kier molecular flexibility index (Phi) is 6.94. The zero-order chi connectivity index (χ0) is 20.0. The summed E-state index contributed by atoms with van der Waals surface area (Å²) in [5.74, 6) is -0.0297. The predicted octanol–water partition coefficient (Wildman–Crippen LogP) is 1.40. The minimum absolute atomic E-state index is 0.0509. The lowest BCUT2D eigenvalue weighted by Gasteiger charge is -2.16. The summed E-state index contributed by atoms with van der Waals surface area (Å²) in [5.41, 5.74) is 0. The molecule has 0 fully saturated rings. The molecule has 1 aromatic heterocycles. The number of benzene rings is 1. The van der Waals surface area contributed by atoms with Gasteiger partial charge in [0.2, 0.25) is 21.8 Å². The van der Waals surface area contributed by atoms with Crippen LogP contribution < -0.4 is 10.0 Å². The van der Waals surface area contributed by atoms with Gasteiger partial charge in [0.25, 0.3) is 0 Å². The summed E-state index contributed by atoms with van der Waals surface area (Å²) >= 11 is 5.73. The van der Waals surface area contributed by atoms with Crippen molar-refractivity contribution in [3.63, 3.8) is 0 Å². The quantitative estimate of drug-likeness (QED) is 0.673. The Labute approximate surface area is 161 Å². The van der Waals surface area contributed by atoms with Crippen LogP contribution in [-0.4, -0.2) is 50.4 Å². The molecule has 0 unspecified atom stereocenters. The van der Waals surface area contributed by atoms with Gasteiger partial charge in [0, 0.05) is 31.1 Å². The fourth-order valence-electron chi connectivity index (χ4n) is 2.09. The van der Waals surface area contributed by atoms with Crippen LogP contribution in [0.25, 0.3) is 0 Å². The number of amides is 2. The monoisotopic (exact) mass is 414 g/mol. The molecule has 27 heavy (non-hydrogen) atoms. The zero-order valence-corrected chi connectivity index (χ0v) is 16.3. The molecule has 2 N–H and O–H groups in total. The topological polar surface area (TPSA) is 122 Å². The molecule has 0 spiro atoms. The number of carbonyl (C=O) groups is 2. The minimum atomic E-state index is -3.74. The van der Waals surface area contributed by atoms with Crippen molar-refractivity contribution in [1.82, 2.24) is 14.8 Å². The summed E-state index contributed by atoms with van der Waals surface area (Å²) in [7, 11) is -2.29. The van der Waals surface area contributed by atoms with E-state index < -0.39 is 15.9 Å². The van der Waals surface area contributed by atoms with E-state index in [4.69, 9.17) is 16.1 Å². The third-order valence-electron chi connectivity index (χ3n) is 3.46. The van der Waals surface area contributed by atoms with E-state index in [-0.39, 0.29) is 36.1 Å². The third kappa shape index (κ3) is 6.35. The molecule has 0 saturated carbocycles. The SMILES string of the molecule is Cc1cc(NC(=O)CN(C)C(=O)CCNS(=O)(=O)c2ccc(Cl)cc2)no1. The Balaban J connectivity index is 1.78. The van der Waals surface area contributed by atoms with E-state index in [0.717, 1.165) is 0 Å². The largest absolute Gasteiger partial charge is 0.360 e. The van der Waals surface area contributed by atoms with Gasteiger partial charge >= 0.3 is 0 Å². The van der Waals surface area contributed by atoms with Gasteiger partial charge < -0.3 is 14.7 Å². The maximum absolute atomic E-state index is 12.1. The first-order valence-electron chi connectivity index (χ1n) is 7.90. The van der Waals surface area contributed by atoms with Crippen LogP contribution in [0.1, 0.15) is 12.2 Å². The van der Waals surface area contributed by atoms with Crippen LogP contribution >= 0.6 is 11.6 Å². The number of nitrogens with one attached hydrogen (secondary N) is 2. The van der Waals surface area contributed by atoms with E-state index >= 15 is 0 Å². The highest BCUT2D eigenvalue weighted by atomic mass is 35.5. The fraction of sp³-hybridized carbons (Fsp3) is 0.312. The number of anilines is 1. The summed E-state index contributed by atoms with van der Waals surface area (Å²) in [6.45, 7) is 1.39. The lowest BCUT2D eigenvalue weighted by Crippen LogP contribution is -2.37. The predicted molar refractivity (Wildman–Crippen MR) is 98.8 cm³/mol. The Morgan fingerprint density at radius 2 is 1.93 bits per heavy atom. The molecular formula is C16H19ClN4O5S. The van der Waals surface area contributed by atoms with Crippen molar-refractivity contribution in [2.75, 3.05) is 25.5 Å². The van der Waals surface area contributed by atoms with E-state index in [1.165, 1.54) is 36.2 Å². The lowest BCUT2D eigenvalue weighted by molar-refractivity contribution is -0.133. The molecule has 9 nitrogen and oxygen atoms in total. The molecule has 0 radical (unpaired) electrons. The molecule has 2 aromatic rings. The van der Waals surface area contributed by atoms with Crippen LogP contribution in [0.15, 0.2) is 39.8 Å². The van der Waals surface area contributed by atoms with Crippen molar-refractivity contribution in [3.8, 4) is 0 Å². The number of sulfonamides is 1. The summed E-state index contributed by atoms with van der Waals surface area (Å²) in [6.07, 6.45) is -0.0976. The molecule has 0 aliphatic heterocycles. The van der Waals surface area contributed by atoms with E-state index in [1.807, 2.05) is 0 Å². The van der Waals surface area contributed by atoms with Crippen molar-refractivity contribution < 1.29 is 22.5 Å². The van der Waals surface area contributed by atoms with E-state index in [0.29, 0.717) is 10.8 Å². The standard InChI is InChI=1S/C16H19ClN4O5S/c1-11-9-14(20-26-11)19-15(22)10-21(2)16(23)7-8-18-27(24,25)13-5-3-12(17)4-6-13/h3-6,9,18H,7-8,10H2,1-2H3,(H,19,20,22). The van der Waals surface area contributed by atoms with E-state index in [9.17, 15) is 18.0 Å². The molecule has 0 aliphatic rings. The van der Waals surface area contributed by atoms with Crippen LogP contribution in [0.5, 0.6) is 0 Å². The van der Waals surface area contributed by atoms with Crippen LogP contribution in [0.2, 0.25) is 5.02 Å². The van der Waals surface area contributed by atoms with Crippen LogP contribution in [0.3, 0.4) is 0 Å². The molecule has 1 heterocycles. The minimum Gasteiger partial charge on any atom is -0.360 e. The highest BCUT2D eigenvalue weighted by molar-refractivity contribution is 7.89. The zero-order valence-electron chi connectivity index (χ0n) is 14.7. The van der Waals surface area contributed by atoms with Crippen LogP contribution in [0.4, 0.5) is 5.82 Å². The van der Waals surface area contributed by atoms with Crippen molar-refractivity contribution in [2.24, 2.45) is 0 Å². The smallest absolute Gasteiger partial charge is 0.245 e. The maximum Gasteiger partial charge on any atom is 0.245 e. The molecule has 0 aliphatic carbocycles. The normalized spacial score (nSPS) is 11.2. The number of rotatable bonds is 8. The van der Waals surface area contributed by atoms with Crippen molar-refractivity contribution in [1.29, 1.82) is 0 Å². The molecule has 1 aromatic carbocycles. The molecule has 0 saturated heterocycles. The van der Waals surface area contributed by atoms with Crippen molar-refractivity contribution in [2.45, 2.75) is 18.2 Å². The van der Waals surface area contributed by atoms with Gasteiger partial charge in [-0.25, -0.2) is 13.1 Å². The number of hydrogen-bond acceptors (Lipinski definition) is 6. The first kappa shape index (κ1) is 20.9. The number of halogens is 1. The number of likely N-dealkylation sites (N-methyl/N-ethyl adjacent to an activating group) is 1. The number of carbonyl (C=O) groups excluding carboxylic acids is 2. The maximum atomic E-state index is 12.1. The fourth-order valence-corrected chi connectivity index (χ4v) is 3.25. The van der Waals surface area contributed by atoms with Gasteiger partial charge in [0.15, 0.2) is 5.82 Å². The Hall–Kier alpha value is -2.43. The summed E-state index contributed by atoms with van der Waals surface area (Å²) in [6, 6.07) is 7.21. The highest BCUT2D eigenvalue weighted by Gasteiger charge is 2.17. The summed E-state index contributed by atoms with van der Waals surface area (Å²) < 4.78 is 31.4. The molecule has 146 valence electrons. The van der Waals surface area contributed by atoms with Crippen molar-refractivity contribution in [3.05, 3.63) is 41.1 Å². The van der Waals surface area contributed by atoms with E-state index in [1.54, 1.807) is 13.0 Å². The van der Waals surface area contributed by atoms with Gasteiger partial charge in [-0.05, 0) is 31.2 Å². The Morgan fingerprint density at radius 1 is 1.26 bits per heavy atom. The second-order valence-corrected chi connectivity index (χ2v) is 7.93. The molecule has 2 amide bonds. The number of hydrogen-bond donors (Lipinski definition) is 2. The molecule has 11 heteroatoms. The summed E-state index contributed by atoms with van der Waals surface area (Å²) in [5, 5.41) is 6.54. The van der Waals surface area contributed by atoms with Gasteiger partial charge in [-0.2, -0.15) is 0 Å². The average molecular weight is 415 g/mol. The second kappa shape index (κ2) is 8.98. The Morgan fingerprint density at radius 3 is 2.52 bits per heavy atom. The number of aryl methyl sites for hydroxylation is 1. The highest BCUT2D eigenvalue weighted by Crippen LogP contribution is 2.13. The first-order chi connectivity index (χ1) is 12.7. The first-order valence-corrected chi connectivity index (χ1v) is 9.76. The molecule has 0 atom stereocenters. The van der Waals surface area contributed by atoms with Gasteiger partial charge in [0.1, 0.15) is 5.76 Å². The lowest BCUT2D eigenvalue weighted by atomic mass is 10.3. The second-order valence-electron chi connectivity index (χ2n) is 5.72. The average Bonchev–Trinajstić information content (AvgIpc) is 2.99. The molecule has 0 bridgehead atoms. The molecule has 2 rings (SSSR count). The van der Waals surface area contributed by atoms with Crippen LogP contribution in [0, 0.1) is 6.92 Å². The van der Waals surface area contributed by atoms with Gasteiger partial charge in [-0.15, -0.1) is 0 Å². The van der Waals surface area contributed by atoms with Gasteiger partial charge in [0.05, 0.1) is 11.4 Å². The summed E-state index contributed by atoms with van der Waals surface area (Å²) in [4.78, 5) is 25.2. The number of nitrogens with zero attached hydrogens (tertiary/aromatic N) is 2. The van der Waals surface area contributed by atoms with Crippen LogP contribution in [-0.2, 0) is 19.6 Å². The third-order valence-corrected chi connectivity index (χ3v) is 5.19. The van der Waals surface area contributed by atoms with Crippen molar-refractivity contribution >= 4 is 39.3 Å². The Bertz CT molecular complexity index is 911. The number of aromatic nitrogens is 1. The van der Waals surface area contributed by atoms with Gasteiger partial charge in [-0.1, -0.05) is 16.8 Å². The van der Waals surface area contributed by atoms with E-state index in [2.05, 4.69) is 15.2 Å². The van der Waals surface area contributed by atoms with Gasteiger partial charge in [-0.3, -0.25) is 9.59 Å². The molecular weight excluding hydrogens is 396 g/mol.